The Morgan fingerprint density at radius 3 is 2.60 bits per heavy atom. The Kier molecular flexibility index (Phi) is 7.66. The number of ether oxygens (including phenoxy) is 1. The van der Waals surface area contributed by atoms with Gasteiger partial charge in [0.25, 0.3) is 0 Å². The topological polar surface area (TPSA) is 87.7 Å². The van der Waals surface area contributed by atoms with E-state index in [2.05, 4.69) is 32.6 Å². The zero-order valence-corrected chi connectivity index (χ0v) is 19.2. The third kappa shape index (κ3) is 6.58. The van der Waals surface area contributed by atoms with Crippen LogP contribution in [0.5, 0.6) is 5.75 Å². The molecule has 0 amide bonds. The first-order chi connectivity index (χ1) is 14.1. The van der Waals surface area contributed by atoms with Crippen LogP contribution in [0.25, 0.3) is 0 Å². The van der Waals surface area contributed by atoms with E-state index in [-0.39, 0.29) is 24.6 Å². The van der Waals surface area contributed by atoms with Gasteiger partial charge in [0.2, 0.25) is 10.0 Å². The minimum absolute atomic E-state index is 0.0626. The maximum Gasteiger partial charge on any atom is 0.209 e. The van der Waals surface area contributed by atoms with Gasteiger partial charge in [-0.15, -0.1) is 0 Å². The SMILES string of the molecule is CS(=O)(=O)N[C@@H](Cc1cc(F)cc(F)c1)[C@H](O)CN[C@H]1CCOc2ccc(I)cc21. The van der Waals surface area contributed by atoms with Gasteiger partial charge in [0.05, 0.1) is 25.0 Å². The van der Waals surface area contributed by atoms with Crippen molar-refractivity contribution < 1.29 is 27.0 Å². The fourth-order valence-electron chi connectivity index (χ4n) is 3.50. The van der Waals surface area contributed by atoms with E-state index in [1.54, 1.807) is 0 Å². The predicted octanol–water partition coefficient (Wildman–Crippen LogP) is 2.50. The molecule has 0 spiro atoms. The monoisotopic (exact) mass is 552 g/mol. The van der Waals surface area contributed by atoms with Crippen molar-refractivity contribution in [1.29, 1.82) is 0 Å². The van der Waals surface area contributed by atoms with Gasteiger partial charge in [-0.1, -0.05) is 0 Å². The number of nitrogens with one attached hydrogen (secondary N) is 2. The average molecular weight is 552 g/mol. The van der Waals surface area contributed by atoms with Crippen LogP contribution in [0, 0.1) is 15.2 Å². The van der Waals surface area contributed by atoms with Crippen molar-refractivity contribution in [2.75, 3.05) is 19.4 Å². The molecule has 0 saturated carbocycles. The van der Waals surface area contributed by atoms with Crippen molar-refractivity contribution in [3.8, 4) is 5.75 Å². The van der Waals surface area contributed by atoms with Crippen molar-refractivity contribution in [2.24, 2.45) is 0 Å². The van der Waals surface area contributed by atoms with Gasteiger partial charge in [-0.25, -0.2) is 21.9 Å². The molecule has 0 aromatic heterocycles. The molecule has 2 aromatic carbocycles. The van der Waals surface area contributed by atoms with Gasteiger partial charge in [-0.2, -0.15) is 0 Å². The lowest BCUT2D eigenvalue weighted by Crippen LogP contribution is -2.49. The lowest BCUT2D eigenvalue weighted by atomic mass is 9.98. The van der Waals surface area contributed by atoms with E-state index >= 15 is 0 Å². The molecule has 0 bridgehead atoms. The minimum Gasteiger partial charge on any atom is -0.493 e. The quantitative estimate of drug-likeness (QED) is 0.439. The number of fused-ring (bicyclic) bond motifs is 1. The molecule has 1 aliphatic heterocycles. The van der Waals surface area contributed by atoms with E-state index in [1.807, 2.05) is 18.2 Å². The van der Waals surface area contributed by atoms with E-state index < -0.39 is 33.8 Å². The first kappa shape index (κ1) is 23.3. The Morgan fingerprint density at radius 1 is 1.23 bits per heavy atom. The largest absolute Gasteiger partial charge is 0.493 e. The van der Waals surface area contributed by atoms with Crippen molar-refractivity contribution in [1.82, 2.24) is 10.0 Å². The molecular weight excluding hydrogens is 529 g/mol. The summed E-state index contributed by atoms with van der Waals surface area (Å²) in [5, 5.41) is 14.0. The molecular formula is C20H23F2IN2O4S. The fourth-order valence-corrected chi connectivity index (χ4v) is 4.80. The molecule has 0 radical (unpaired) electrons. The Labute approximate surface area is 188 Å². The fraction of sp³-hybridized carbons (Fsp3) is 0.400. The van der Waals surface area contributed by atoms with Crippen LogP contribution in [-0.2, 0) is 16.4 Å². The third-order valence-corrected chi connectivity index (χ3v) is 6.19. The van der Waals surface area contributed by atoms with Crippen LogP contribution in [0.3, 0.4) is 0 Å². The van der Waals surface area contributed by atoms with Gasteiger partial charge in [-0.3, -0.25) is 0 Å². The third-order valence-electron chi connectivity index (χ3n) is 4.79. The van der Waals surface area contributed by atoms with Crippen LogP contribution in [0.4, 0.5) is 8.78 Å². The van der Waals surface area contributed by atoms with E-state index in [9.17, 15) is 22.3 Å². The van der Waals surface area contributed by atoms with Gasteiger partial charge >= 0.3 is 0 Å². The Morgan fingerprint density at radius 2 is 1.93 bits per heavy atom. The summed E-state index contributed by atoms with van der Waals surface area (Å²) in [5.74, 6) is -0.747. The average Bonchev–Trinajstić information content (AvgIpc) is 2.63. The van der Waals surface area contributed by atoms with E-state index in [0.717, 1.165) is 39.3 Å². The number of aliphatic hydroxyl groups excluding tert-OH is 1. The van der Waals surface area contributed by atoms with Crippen molar-refractivity contribution >= 4 is 32.6 Å². The minimum atomic E-state index is -3.65. The van der Waals surface area contributed by atoms with Crippen molar-refractivity contribution in [2.45, 2.75) is 31.0 Å². The zero-order valence-electron chi connectivity index (χ0n) is 16.2. The standard InChI is InChI=1S/C20H23F2IN2O4S/c1-30(27,28)25-18(8-12-6-13(21)9-14(22)7-12)19(26)11-24-17-4-5-29-20-3-2-15(23)10-16(17)20/h2-3,6-7,9-10,17-19,24-26H,4-5,8,11H2,1H3/t17-,18-,19+/m0/s1. The summed E-state index contributed by atoms with van der Waals surface area (Å²) in [4.78, 5) is 0. The van der Waals surface area contributed by atoms with Crippen molar-refractivity contribution in [3.05, 3.63) is 62.7 Å². The van der Waals surface area contributed by atoms with Crippen LogP contribution in [0.1, 0.15) is 23.6 Å². The summed E-state index contributed by atoms with van der Waals surface area (Å²) in [6, 6.07) is 7.81. The number of sulfonamides is 1. The van der Waals surface area contributed by atoms with Crippen LogP contribution in [0.2, 0.25) is 0 Å². The molecule has 0 fully saturated rings. The lowest BCUT2D eigenvalue weighted by molar-refractivity contribution is 0.127. The van der Waals surface area contributed by atoms with Crippen LogP contribution in [-0.4, -0.2) is 45.1 Å². The molecule has 0 unspecified atom stereocenters. The maximum absolute atomic E-state index is 13.5. The molecule has 30 heavy (non-hydrogen) atoms. The first-order valence-electron chi connectivity index (χ1n) is 9.36. The Hall–Kier alpha value is -1.34. The molecule has 1 heterocycles. The predicted molar refractivity (Wildman–Crippen MR) is 118 cm³/mol. The summed E-state index contributed by atoms with van der Waals surface area (Å²) in [5.41, 5.74) is 1.22. The molecule has 164 valence electrons. The molecule has 3 atom stereocenters. The van der Waals surface area contributed by atoms with E-state index in [4.69, 9.17) is 4.74 Å². The molecule has 3 rings (SSSR count). The number of halogens is 3. The molecule has 1 aliphatic rings. The normalized spacial score (nSPS) is 18.4. The smallest absolute Gasteiger partial charge is 0.209 e. The van der Waals surface area contributed by atoms with Gasteiger partial charge in [0.1, 0.15) is 17.4 Å². The van der Waals surface area contributed by atoms with Crippen LogP contribution >= 0.6 is 22.6 Å². The Balaban J connectivity index is 1.72. The zero-order chi connectivity index (χ0) is 21.9. The van der Waals surface area contributed by atoms with Gasteiger partial charge in [0, 0.05) is 34.2 Å². The number of hydrogen-bond acceptors (Lipinski definition) is 5. The number of benzene rings is 2. The highest BCUT2D eigenvalue weighted by Gasteiger charge is 2.27. The summed E-state index contributed by atoms with van der Waals surface area (Å²) >= 11 is 2.21. The summed E-state index contributed by atoms with van der Waals surface area (Å²) in [6.45, 7) is 0.607. The molecule has 0 saturated heterocycles. The lowest BCUT2D eigenvalue weighted by Gasteiger charge is -2.30. The molecule has 6 nitrogen and oxygen atoms in total. The van der Waals surface area contributed by atoms with Gasteiger partial charge in [0.15, 0.2) is 0 Å². The Bertz CT molecular complexity index is 986. The van der Waals surface area contributed by atoms with Crippen LogP contribution in [0.15, 0.2) is 36.4 Å². The second-order valence-corrected chi connectivity index (χ2v) is 10.4. The second kappa shape index (κ2) is 9.86. The highest BCUT2D eigenvalue weighted by molar-refractivity contribution is 14.1. The van der Waals surface area contributed by atoms with Crippen LogP contribution < -0.4 is 14.8 Å². The maximum atomic E-state index is 13.5. The first-order valence-corrected chi connectivity index (χ1v) is 12.3. The van der Waals surface area contributed by atoms with E-state index in [0.29, 0.717) is 13.0 Å². The van der Waals surface area contributed by atoms with Crippen molar-refractivity contribution in [3.63, 3.8) is 0 Å². The van der Waals surface area contributed by atoms with E-state index in [1.165, 1.54) is 0 Å². The second-order valence-electron chi connectivity index (χ2n) is 7.33. The summed E-state index contributed by atoms with van der Waals surface area (Å²) < 4.78 is 59.7. The molecule has 0 aliphatic carbocycles. The highest BCUT2D eigenvalue weighted by Crippen LogP contribution is 2.33. The molecule has 10 heteroatoms. The highest BCUT2D eigenvalue weighted by atomic mass is 127. The number of aliphatic hydroxyl groups is 1. The van der Waals surface area contributed by atoms with Gasteiger partial charge < -0.3 is 15.2 Å². The molecule has 2 aromatic rings. The molecule has 3 N–H and O–H groups in total. The summed E-state index contributed by atoms with van der Waals surface area (Å²) in [6.07, 6.45) is 0.481. The number of rotatable bonds is 8. The summed E-state index contributed by atoms with van der Waals surface area (Å²) in [7, 11) is -3.65. The van der Waals surface area contributed by atoms with Gasteiger partial charge in [-0.05, 0) is 64.9 Å². The number of hydrogen-bond donors (Lipinski definition) is 3.